The van der Waals surface area contributed by atoms with Gasteiger partial charge in [0.2, 0.25) is 10.7 Å². The van der Waals surface area contributed by atoms with Crippen LogP contribution in [0.4, 0.5) is 11.6 Å². The molecule has 0 bridgehead atoms. The van der Waals surface area contributed by atoms with Gasteiger partial charge in [0, 0.05) is 18.8 Å². The first kappa shape index (κ1) is 20.7. The molecular weight excluding hydrogens is 422 g/mol. The van der Waals surface area contributed by atoms with Gasteiger partial charge in [-0.3, -0.25) is 4.55 Å². The summed E-state index contributed by atoms with van der Waals surface area (Å²) < 4.78 is 37.4. The van der Waals surface area contributed by atoms with Gasteiger partial charge in [0.25, 0.3) is 10.1 Å². The molecule has 0 spiro atoms. The van der Waals surface area contributed by atoms with Crippen LogP contribution in [-0.2, 0) is 16.5 Å². The van der Waals surface area contributed by atoms with E-state index in [1.807, 2.05) is 25.2 Å². The van der Waals surface area contributed by atoms with Crippen LogP contribution >= 0.6 is 24.4 Å². The van der Waals surface area contributed by atoms with Crippen molar-refractivity contribution in [3.8, 4) is 5.75 Å². The lowest BCUT2D eigenvalue weighted by atomic mass is 9.95. The van der Waals surface area contributed by atoms with E-state index < -0.39 is 10.1 Å². The van der Waals surface area contributed by atoms with Gasteiger partial charge in [0.1, 0.15) is 5.75 Å². The van der Waals surface area contributed by atoms with Crippen molar-refractivity contribution < 1.29 is 17.7 Å². The zero-order valence-corrected chi connectivity index (χ0v) is 17.6. The lowest BCUT2D eigenvalue weighted by Gasteiger charge is -2.36. The summed E-state index contributed by atoms with van der Waals surface area (Å²) in [6, 6.07) is 5.85. The fraction of sp³-hybridized carbons (Fsp3) is 0.438. The highest BCUT2D eigenvalue weighted by atomic mass is 32.2. The van der Waals surface area contributed by atoms with Gasteiger partial charge < -0.3 is 24.9 Å². The average Bonchev–Trinajstić information content (AvgIpc) is 2.59. The number of fused-ring (bicyclic) bond motifs is 1. The molecule has 0 saturated heterocycles. The Morgan fingerprint density at radius 2 is 2.18 bits per heavy atom. The predicted octanol–water partition coefficient (Wildman–Crippen LogP) is 2.67. The van der Waals surface area contributed by atoms with Gasteiger partial charge >= 0.3 is 0 Å². The normalized spacial score (nSPS) is 16.5. The first-order chi connectivity index (χ1) is 13.2. The van der Waals surface area contributed by atoms with E-state index in [1.54, 1.807) is 0 Å². The van der Waals surface area contributed by atoms with Gasteiger partial charge in [0.05, 0.1) is 5.75 Å². The second kappa shape index (κ2) is 8.55. The monoisotopic (exact) mass is 443 g/mol. The Morgan fingerprint density at radius 3 is 2.89 bits per heavy atom. The molecule has 2 heterocycles. The van der Waals surface area contributed by atoms with Crippen molar-refractivity contribution in [3.63, 3.8) is 0 Å². The number of nitrogens with one attached hydrogen (secondary N) is 3. The molecule has 4 N–H and O–H groups in total. The first-order valence-electron chi connectivity index (χ1n) is 8.59. The molecule has 1 atom stereocenters. The van der Waals surface area contributed by atoms with E-state index in [2.05, 4.69) is 25.2 Å². The number of hydrogen-bond donors (Lipinski definition) is 4. The third kappa shape index (κ3) is 5.50. The lowest BCUT2D eigenvalue weighted by Crippen LogP contribution is -2.37. The molecule has 9 nitrogen and oxygen atoms in total. The fourth-order valence-electron chi connectivity index (χ4n) is 3.20. The van der Waals surface area contributed by atoms with Crippen LogP contribution in [0.15, 0.2) is 18.2 Å². The molecule has 152 valence electrons. The van der Waals surface area contributed by atoms with Crippen LogP contribution in [0.1, 0.15) is 18.4 Å². The summed E-state index contributed by atoms with van der Waals surface area (Å²) in [5.41, 5.74) is 2.16. The molecule has 0 radical (unpaired) electrons. The number of nitrogens with zero attached hydrogens (tertiary/aromatic N) is 2. The molecule has 1 aromatic carbocycles. The molecular formula is C16H21N5O4S3. The molecule has 0 amide bonds. The summed E-state index contributed by atoms with van der Waals surface area (Å²) in [4.78, 5) is 11.7. The number of rotatable bonds is 7. The number of aromatic nitrogens is 3. The van der Waals surface area contributed by atoms with Crippen LogP contribution in [0.2, 0.25) is 0 Å². The zero-order chi connectivity index (χ0) is 20.3. The molecule has 3 rings (SSSR count). The van der Waals surface area contributed by atoms with Gasteiger partial charge in [-0.2, -0.15) is 13.4 Å². The molecule has 28 heavy (non-hydrogen) atoms. The molecule has 1 unspecified atom stereocenters. The number of anilines is 2. The zero-order valence-electron chi connectivity index (χ0n) is 15.1. The van der Waals surface area contributed by atoms with Crippen molar-refractivity contribution in [2.24, 2.45) is 0 Å². The van der Waals surface area contributed by atoms with Gasteiger partial charge in [0.15, 0.2) is 11.5 Å². The van der Waals surface area contributed by atoms with Crippen molar-refractivity contribution >= 4 is 46.2 Å². The van der Waals surface area contributed by atoms with E-state index in [0.29, 0.717) is 22.9 Å². The molecule has 1 aromatic heterocycles. The summed E-state index contributed by atoms with van der Waals surface area (Å²) in [6.07, 6.45) is 2.01. The van der Waals surface area contributed by atoms with E-state index in [9.17, 15) is 8.42 Å². The highest BCUT2D eigenvalue weighted by Gasteiger charge is 2.25. The smallest absolute Gasteiger partial charge is 0.264 e. The van der Waals surface area contributed by atoms with Crippen molar-refractivity contribution in [3.05, 3.63) is 33.3 Å². The van der Waals surface area contributed by atoms with Gasteiger partial charge in [-0.05, 0) is 67.5 Å². The number of H-pyrrole nitrogens is 2. The minimum atomic E-state index is -3.95. The van der Waals surface area contributed by atoms with Gasteiger partial charge in [-0.25, -0.2) is 0 Å². The van der Waals surface area contributed by atoms with Crippen LogP contribution in [0.5, 0.6) is 5.75 Å². The number of ether oxygens (including phenoxy) is 1. The number of hydrogen-bond acceptors (Lipinski definition) is 8. The van der Waals surface area contributed by atoms with Crippen LogP contribution in [0.3, 0.4) is 0 Å². The second-order valence-electron chi connectivity index (χ2n) is 6.48. The summed E-state index contributed by atoms with van der Waals surface area (Å²) >= 11 is 9.98. The third-order valence-corrected chi connectivity index (χ3v) is 5.73. The van der Waals surface area contributed by atoms with Crippen LogP contribution in [0.25, 0.3) is 0 Å². The summed E-state index contributed by atoms with van der Waals surface area (Å²) in [5.74, 6) is 0.897. The molecule has 12 heteroatoms. The van der Waals surface area contributed by atoms with E-state index >= 15 is 0 Å². The summed E-state index contributed by atoms with van der Waals surface area (Å²) in [6.45, 7) is 0.183. The van der Waals surface area contributed by atoms with Crippen molar-refractivity contribution in [2.45, 2.75) is 25.3 Å². The molecule has 0 saturated carbocycles. The third-order valence-electron chi connectivity index (χ3n) is 4.58. The van der Waals surface area contributed by atoms with E-state index in [0.717, 1.165) is 24.1 Å². The predicted molar refractivity (Wildman–Crippen MR) is 112 cm³/mol. The first-order valence-corrected chi connectivity index (χ1v) is 11.0. The minimum Gasteiger partial charge on any atom is -0.473 e. The molecule has 1 aliphatic heterocycles. The topological polar surface area (TPSA) is 123 Å². The Bertz CT molecular complexity index is 1040. The Morgan fingerprint density at radius 1 is 1.39 bits per heavy atom. The Kier molecular flexibility index (Phi) is 6.33. The summed E-state index contributed by atoms with van der Waals surface area (Å²) in [7, 11) is -2.01. The molecule has 2 aromatic rings. The Hall–Kier alpha value is -2.02. The molecule has 1 aliphatic rings. The highest BCUT2D eigenvalue weighted by Crippen LogP contribution is 2.33. The second-order valence-corrected chi connectivity index (χ2v) is 8.85. The maximum absolute atomic E-state index is 11.0. The van der Waals surface area contributed by atoms with Crippen molar-refractivity contribution in [1.29, 1.82) is 0 Å². The Labute approximate surface area is 172 Å². The number of benzene rings is 1. The molecule has 0 fully saturated rings. The maximum atomic E-state index is 11.0. The minimum absolute atomic E-state index is 0.0690. The fourth-order valence-corrected chi connectivity index (χ4v) is 4.22. The largest absolute Gasteiger partial charge is 0.473 e. The van der Waals surface area contributed by atoms with Gasteiger partial charge in [-0.1, -0.05) is 0 Å². The van der Waals surface area contributed by atoms with Crippen molar-refractivity contribution in [2.75, 3.05) is 29.7 Å². The summed E-state index contributed by atoms with van der Waals surface area (Å²) in [5, 5.41) is 2.97. The molecule has 0 aliphatic carbocycles. The van der Waals surface area contributed by atoms with Crippen LogP contribution in [0, 0.1) is 9.54 Å². The van der Waals surface area contributed by atoms with Crippen molar-refractivity contribution in [1.82, 2.24) is 15.0 Å². The maximum Gasteiger partial charge on any atom is 0.264 e. The Balaban J connectivity index is 1.61. The van der Waals surface area contributed by atoms with Crippen LogP contribution < -0.4 is 15.0 Å². The quantitative estimate of drug-likeness (QED) is 0.290. The lowest BCUT2D eigenvalue weighted by molar-refractivity contribution is 0.345. The number of aryl methyl sites for hydroxylation is 1. The van der Waals surface area contributed by atoms with Gasteiger partial charge in [-0.15, -0.1) is 0 Å². The van der Waals surface area contributed by atoms with E-state index in [-0.39, 0.29) is 23.3 Å². The SMILES string of the molecule is CN1c2ccc(OCNc3nc(=S)[nH]c(=S)[nH]3)cc2CCC1CCS(=O)(=O)O. The highest BCUT2D eigenvalue weighted by molar-refractivity contribution is 7.85. The van der Waals surface area contributed by atoms with Crippen LogP contribution in [-0.4, -0.2) is 53.5 Å². The number of aromatic amines is 2. The standard InChI is InChI=1S/C16H21N5O4S3/c1-21-11(6-7-28(22,23)24)3-2-10-8-12(4-5-13(10)21)25-9-17-14-18-15(26)20-16(27)19-14/h4-5,8,11H,2-3,6-7,9H2,1H3,(H,22,23,24)(H3,17,18,19,20,26,27). The van der Waals surface area contributed by atoms with E-state index in [1.165, 1.54) is 0 Å². The van der Waals surface area contributed by atoms with E-state index in [4.69, 9.17) is 33.7 Å². The average molecular weight is 444 g/mol.